The number of aliphatic imine (C=N–C) groups is 1. The maximum atomic E-state index is 4.59. The summed E-state index contributed by atoms with van der Waals surface area (Å²) in [5, 5.41) is 8.10. The number of hydrogen-bond acceptors (Lipinski definition) is 4. The smallest absolute Gasteiger partial charge is 0.191 e. The Morgan fingerprint density at radius 2 is 1.93 bits per heavy atom. The van der Waals surface area contributed by atoms with Gasteiger partial charge in [-0.25, -0.2) is 4.98 Å². The first-order valence-corrected chi connectivity index (χ1v) is 10.6. The Bertz CT molecular complexity index is 734. The minimum absolute atomic E-state index is 0. The van der Waals surface area contributed by atoms with Crippen molar-refractivity contribution in [2.75, 3.05) is 20.1 Å². The van der Waals surface area contributed by atoms with Gasteiger partial charge in [0.15, 0.2) is 5.96 Å². The highest BCUT2D eigenvalue weighted by Crippen LogP contribution is 2.24. The third kappa shape index (κ3) is 6.15. The van der Waals surface area contributed by atoms with Crippen molar-refractivity contribution in [3.8, 4) is 0 Å². The second kappa shape index (κ2) is 11.1. The van der Waals surface area contributed by atoms with Gasteiger partial charge in [-0.2, -0.15) is 0 Å². The number of rotatable bonds is 5. The minimum atomic E-state index is 0. The highest BCUT2D eigenvalue weighted by Gasteiger charge is 2.24. The van der Waals surface area contributed by atoms with Crippen molar-refractivity contribution < 1.29 is 0 Å². The van der Waals surface area contributed by atoms with Gasteiger partial charge in [-0.05, 0) is 39.2 Å². The van der Waals surface area contributed by atoms with Crippen LogP contribution in [0.25, 0.3) is 0 Å². The van der Waals surface area contributed by atoms with E-state index in [-0.39, 0.29) is 24.0 Å². The van der Waals surface area contributed by atoms with Gasteiger partial charge < -0.3 is 10.6 Å². The molecule has 1 atom stereocenters. The van der Waals surface area contributed by atoms with E-state index in [1.807, 2.05) is 7.05 Å². The fourth-order valence-corrected chi connectivity index (χ4v) is 4.41. The van der Waals surface area contributed by atoms with Crippen LogP contribution in [0.4, 0.5) is 0 Å². The van der Waals surface area contributed by atoms with E-state index in [2.05, 4.69) is 76.6 Å². The average Bonchev–Trinajstić information content (AvgIpc) is 3.03. The van der Waals surface area contributed by atoms with Gasteiger partial charge in [0.1, 0.15) is 5.01 Å². The molecule has 2 heterocycles. The summed E-state index contributed by atoms with van der Waals surface area (Å²) in [7, 11) is 1.83. The van der Waals surface area contributed by atoms with Gasteiger partial charge >= 0.3 is 0 Å². The first-order valence-electron chi connectivity index (χ1n) is 9.76. The predicted octanol–water partition coefficient (Wildman–Crippen LogP) is 4.27. The standard InChI is InChI=1S/C21H31N5S.HI/c1-15-17(3)27-20(24-15)14-23-21(22-4)25-19-10-12-26(13-11-19)16(2)18-8-6-5-7-9-18;/h5-9,16,19H,10-14H2,1-4H3,(H2,22,23,25);1H. The van der Waals surface area contributed by atoms with E-state index in [1.54, 1.807) is 11.3 Å². The Kier molecular flexibility index (Phi) is 9.17. The molecule has 0 amide bonds. The Balaban J connectivity index is 0.00000280. The largest absolute Gasteiger partial charge is 0.354 e. The van der Waals surface area contributed by atoms with Gasteiger partial charge in [0, 0.05) is 37.1 Å². The second-order valence-electron chi connectivity index (χ2n) is 7.22. The Morgan fingerprint density at radius 1 is 1.25 bits per heavy atom. The molecule has 28 heavy (non-hydrogen) atoms. The summed E-state index contributed by atoms with van der Waals surface area (Å²) in [5.41, 5.74) is 2.52. The lowest BCUT2D eigenvalue weighted by atomic mass is 10.0. The summed E-state index contributed by atoms with van der Waals surface area (Å²) in [6, 6.07) is 11.7. The average molecular weight is 513 g/mol. The molecule has 2 N–H and O–H groups in total. The van der Waals surface area contributed by atoms with Crippen LogP contribution >= 0.6 is 35.3 Å². The second-order valence-corrected chi connectivity index (χ2v) is 8.50. The number of aromatic nitrogens is 1. The molecule has 5 nitrogen and oxygen atoms in total. The van der Waals surface area contributed by atoms with Crippen molar-refractivity contribution in [2.45, 2.75) is 52.2 Å². The zero-order valence-corrected chi connectivity index (χ0v) is 20.4. The molecule has 1 aliphatic rings. The molecule has 1 saturated heterocycles. The molecule has 3 rings (SSSR count). The maximum absolute atomic E-state index is 4.59. The molecular weight excluding hydrogens is 481 g/mol. The maximum Gasteiger partial charge on any atom is 0.191 e. The van der Waals surface area contributed by atoms with Gasteiger partial charge in [-0.1, -0.05) is 30.3 Å². The van der Waals surface area contributed by atoms with Gasteiger partial charge in [-0.15, -0.1) is 35.3 Å². The molecule has 0 radical (unpaired) electrons. The number of piperidine rings is 1. The van der Waals surface area contributed by atoms with Crippen molar-refractivity contribution in [3.05, 3.63) is 51.5 Å². The number of hydrogen-bond donors (Lipinski definition) is 2. The number of halogens is 1. The third-order valence-electron chi connectivity index (χ3n) is 5.40. The third-order valence-corrected chi connectivity index (χ3v) is 6.48. The quantitative estimate of drug-likeness (QED) is 0.356. The molecule has 0 saturated carbocycles. The van der Waals surface area contributed by atoms with Gasteiger partial charge in [-0.3, -0.25) is 9.89 Å². The van der Waals surface area contributed by atoms with Crippen LogP contribution in [0.15, 0.2) is 35.3 Å². The van der Waals surface area contributed by atoms with Crippen LogP contribution in [0, 0.1) is 13.8 Å². The summed E-state index contributed by atoms with van der Waals surface area (Å²) >= 11 is 1.75. The molecule has 1 unspecified atom stereocenters. The Morgan fingerprint density at radius 3 is 2.50 bits per heavy atom. The first-order chi connectivity index (χ1) is 13.1. The van der Waals surface area contributed by atoms with Gasteiger partial charge in [0.25, 0.3) is 0 Å². The van der Waals surface area contributed by atoms with E-state index in [0.29, 0.717) is 12.1 Å². The summed E-state index contributed by atoms with van der Waals surface area (Å²) in [4.78, 5) is 12.8. The number of guanidine groups is 1. The molecule has 2 aromatic rings. The molecule has 7 heteroatoms. The first kappa shape index (κ1) is 23.1. The molecule has 1 aromatic carbocycles. The summed E-state index contributed by atoms with van der Waals surface area (Å²) in [6.45, 7) is 9.43. The van der Waals surface area contributed by atoms with Gasteiger partial charge in [0.2, 0.25) is 0 Å². The molecule has 1 fully saturated rings. The highest BCUT2D eigenvalue weighted by atomic mass is 127. The van der Waals surface area contributed by atoms with E-state index in [4.69, 9.17) is 0 Å². The van der Waals surface area contributed by atoms with Crippen LogP contribution in [-0.2, 0) is 6.54 Å². The van der Waals surface area contributed by atoms with Gasteiger partial charge in [0.05, 0.1) is 12.2 Å². The fourth-order valence-electron chi connectivity index (χ4n) is 3.54. The summed E-state index contributed by atoms with van der Waals surface area (Å²) in [6.07, 6.45) is 2.26. The van der Waals surface area contributed by atoms with Crippen LogP contribution in [-0.4, -0.2) is 42.0 Å². The lowest BCUT2D eigenvalue weighted by Crippen LogP contribution is -2.48. The summed E-state index contributed by atoms with van der Waals surface area (Å²) < 4.78 is 0. The fraction of sp³-hybridized carbons (Fsp3) is 0.524. The van der Waals surface area contributed by atoms with Crippen LogP contribution < -0.4 is 10.6 Å². The molecule has 0 bridgehead atoms. The highest BCUT2D eigenvalue weighted by molar-refractivity contribution is 14.0. The number of benzene rings is 1. The monoisotopic (exact) mass is 513 g/mol. The zero-order chi connectivity index (χ0) is 19.2. The van der Waals surface area contributed by atoms with E-state index in [9.17, 15) is 0 Å². The molecule has 0 aliphatic carbocycles. The van der Waals surface area contributed by atoms with Crippen molar-refractivity contribution in [3.63, 3.8) is 0 Å². The number of aryl methyl sites for hydroxylation is 2. The van der Waals surface area contributed by atoms with Crippen molar-refractivity contribution in [1.82, 2.24) is 20.5 Å². The summed E-state index contributed by atoms with van der Waals surface area (Å²) in [5.74, 6) is 0.870. The van der Waals surface area contributed by atoms with Crippen LogP contribution in [0.3, 0.4) is 0 Å². The molecular formula is C21H32IN5S. The normalized spacial score (nSPS) is 17.1. The number of nitrogens with one attached hydrogen (secondary N) is 2. The lowest BCUT2D eigenvalue weighted by molar-refractivity contribution is 0.158. The molecule has 1 aliphatic heterocycles. The topological polar surface area (TPSA) is 52.6 Å². The Hall–Kier alpha value is -1.19. The van der Waals surface area contributed by atoms with Crippen LogP contribution in [0.2, 0.25) is 0 Å². The van der Waals surface area contributed by atoms with Crippen molar-refractivity contribution in [2.24, 2.45) is 4.99 Å². The van der Waals surface area contributed by atoms with Crippen LogP contribution in [0.1, 0.15) is 46.9 Å². The Labute approximate surface area is 190 Å². The van der Waals surface area contributed by atoms with Crippen molar-refractivity contribution >= 4 is 41.3 Å². The lowest BCUT2D eigenvalue weighted by Gasteiger charge is -2.37. The predicted molar refractivity (Wildman–Crippen MR) is 130 cm³/mol. The molecule has 154 valence electrons. The van der Waals surface area contributed by atoms with Crippen molar-refractivity contribution in [1.29, 1.82) is 0 Å². The molecule has 0 spiro atoms. The van der Waals surface area contributed by atoms with Crippen LogP contribution in [0.5, 0.6) is 0 Å². The minimum Gasteiger partial charge on any atom is -0.354 e. The number of thiazole rings is 1. The number of likely N-dealkylation sites (tertiary alicyclic amines) is 1. The molecule has 1 aromatic heterocycles. The van der Waals surface area contributed by atoms with E-state index < -0.39 is 0 Å². The van der Waals surface area contributed by atoms with E-state index in [0.717, 1.165) is 49.1 Å². The SMILES string of the molecule is CN=C(NCc1nc(C)c(C)s1)NC1CCN(C(C)c2ccccc2)CC1.I. The van der Waals surface area contributed by atoms with E-state index >= 15 is 0 Å². The number of nitrogens with zero attached hydrogens (tertiary/aromatic N) is 3. The zero-order valence-electron chi connectivity index (χ0n) is 17.2. The van der Waals surface area contributed by atoms with E-state index in [1.165, 1.54) is 10.4 Å².